The molecule has 4 rings (SSSR count). The summed E-state index contributed by atoms with van der Waals surface area (Å²) in [5.74, 6) is 0. The van der Waals surface area contributed by atoms with E-state index in [0.717, 1.165) is 5.69 Å². The summed E-state index contributed by atoms with van der Waals surface area (Å²) in [6.07, 6.45) is 4.96. The molecule has 0 spiro atoms. The maximum absolute atomic E-state index is 6.19. The van der Waals surface area contributed by atoms with Crippen molar-refractivity contribution < 1.29 is 0 Å². The molecule has 0 atom stereocenters. The fourth-order valence-corrected chi connectivity index (χ4v) is 3.77. The maximum atomic E-state index is 6.19. The first-order valence-electron chi connectivity index (χ1n) is 7.59. The van der Waals surface area contributed by atoms with Crippen LogP contribution in [-0.4, -0.2) is 13.1 Å². The second-order valence-electron chi connectivity index (χ2n) is 5.88. The van der Waals surface area contributed by atoms with Gasteiger partial charge in [0, 0.05) is 30.0 Å². The van der Waals surface area contributed by atoms with Gasteiger partial charge in [0.1, 0.15) is 0 Å². The third kappa shape index (κ3) is 1.71. The van der Waals surface area contributed by atoms with Crippen LogP contribution in [0.1, 0.15) is 24.0 Å². The first-order valence-corrected chi connectivity index (χ1v) is 7.59. The molecule has 2 aromatic carbocycles. The van der Waals surface area contributed by atoms with Crippen molar-refractivity contribution in [2.24, 2.45) is 0 Å². The predicted octanol–water partition coefficient (Wildman–Crippen LogP) is 3.63. The van der Waals surface area contributed by atoms with E-state index in [1.54, 1.807) is 0 Å². The Morgan fingerprint density at radius 3 is 2.50 bits per heavy atom. The number of aryl methyl sites for hydroxylation is 1. The van der Waals surface area contributed by atoms with Crippen LogP contribution < -0.4 is 10.6 Å². The monoisotopic (exact) mass is 264 g/mol. The van der Waals surface area contributed by atoms with Gasteiger partial charge in [0.05, 0.1) is 0 Å². The van der Waals surface area contributed by atoms with Crippen molar-refractivity contribution >= 4 is 11.4 Å². The summed E-state index contributed by atoms with van der Waals surface area (Å²) in [6.45, 7) is 2.43. The highest BCUT2D eigenvalue weighted by molar-refractivity contribution is 5.84. The molecule has 0 unspecified atom stereocenters. The number of nitrogens with two attached hydrogens (primary N) is 1. The van der Waals surface area contributed by atoms with Crippen LogP contribution in [0.2, 0.25) is 0 Å². The van der Waals surface area contributed by atoms with Crippen LogP contribution in [0.25, 0.3) is 11.1 Å². The molecule has 0 saturated carbocycles. The van der Waals surface area contributed by atoms with Gasteiger partial charge in [-0.05, 0) is 48.4 Å². The second-order valence-corrected chi connectivity index (χ2v) is 5.88. The van der Waals surface area contributed by atoms with E-state index in [-0.39, 0.29) is 0 Å². The highest BCUT2D eigenvalue weighted by Crippen LogP contribution is 2.41. The first-order chi connectivity index (χ1) is 9.84. The standard InChI is InChI=1S/C18H20N2/c19-17-8-2-1-6-15(17)14-10-9-13-5-3-11-20-12-4-7-16(14)18(13)20/h1-2,6,8-10H,3-5,7,11-12,19H2. The summed E-state index contributed by atoms with van der Waals surface area (Å²) in [6, 6.07) is 12.8. The van der Waals surface area contributed by atoms with Gasteiger partial charge in [-0.3, -0.25) is 0 Å². The third-order valence-electron chi connectivity index (χ3n) is 4.66. The number of nitrogen functional groups attached to an aromatic ring is 1. The van der Waals surface area contributed by atoms with E-state index >= 15 is 0 Å². The lowest BCUT2D eigenvalue weighted by Gasteiger charge is -2.38. The van der Waals surface area contributed by atoms with E-state index in [1.165, 1.54) is 66.7 Å². The quantitative estimate of drug-likeness (QED) is 0.797. The molecule has 0 bridgehead atoms. The van der Waals surface area contributed by atoms with Crippen molar-refractivity contribution in [1.82, 2.24) is 0 Å². The van der Waals surface area contributed by atoms with Gasteiger partial charge in [-0.15, -0.1) is 0 Å². The van der Waals surface area contributed by atoms with Crippen molar-refractivity contribution in [3.05, 3.63) is 47.5 Å². The van der Waals surface area contributed by atoms with Crippen LogP contribution in [0.5, 0.6) is 0 Å². The molecular weight excluding hydrogens is 244 g/mol. The normalized spacial score (nSPS) is 16.9. The van der Waals surface area contributed by atoms with E-state index in [1.807, 2.05) is 12.1 Å². The summed E-state index contributed by atoms with van der Waals surface area (Å²) >= 11 is 0. The summed E-state index contributed by atoms with van der Waals surface area (Å²) in [5, 5.41) is 0. The predicted molar refractivity (Wildman–Crippen MR) is 85.1 cm³/mol. The van der Waals surface area contributed by atoms with E-state index in [9.17, 15) is 0 Å². The molecule has 0 aliphatic carbocycles. The number of hydrogen-bond acceptors (Lipinski definition) is 2. The van der Waals surface area contributed by atoms with Crippen molar-refractivity contribution in [2.75, 3.05) is 23.7 Å². The van der Waals surface area contributed by atoms with Gasteiger partial charge >= 0.3 is 0 Å². The van der Waals surface area contributed by atoms with Gasteiger partial charge in [0.25, 0.3) is 0 Å². The molecule has 0 radical (unpaired) electrons. The minimum absolute atomic E-state index is 0.886. The largest absolute Gasteiger partial charge is 0.398 e. The Bertz CT molecular complexity index is 658. The molecule has 0 aromatic heterocycles. The van der Waals surface area contributed by atoms with Crippen LogP contribution in [0.4, 0.5) is 11.4 Å². The van der Waals surface area contributed by atoms with Crippen LogP contribution in [0, 0.1) is 0 Å². The van der Waals surface area contributed by atoms with Gasteiger partial charge in [0.2, 0.25) is 0 Å². The van der Waals surface area contributed by atoms with Gasteiger partial charge in [-0.1, -0.05) is 30.3 Å². The van der Waals surface area contributed by atoms with Gasteiger partial charge in [-0.25, -0.2) is 0 Å². The number of benzene rings is 2. The molecule has 0 amide bonds. The van der Waals surface area contributed by atoms with Crippen molar-refractivity contribution in [1.29, 1.82) is 0 Å². The molecule has 0 fully saturated rings. The Kier molecular flexibility index (Phi) is 2.69. The Balaban J connectivity index is 1.95. The lowest BCUT2D eigenvalue weighted by molar-refractivity contribution is 0.635. The van der Waals surface area contributed by atoms with Crippen molar-refractivity contribution in [3.8, 4) is 11.1 Å². The summed E-state index contributed by atoms with van der Waals surface area (Å²) < 4.78 is 0. The van der Waals surface area contributed by atoms with Crippen molar-refractivity contribution in [2.45, 2.75) is 25.7 Å². The van der Waals surface area contributed by atoms with Crippen LogP contribution in [0.3, 0.4) is 0 Å². The van der Waals surface area contributed by atoms with Crippen molar-refractivity contribution in [3.63, 3.8) is 0 Å². The van der Waals surface area contributed by atoms with Crippen LogP contribution in [-0.2, 0) is 12.8 Å². The zero-order chi connectivity index (χ0) is 13.5. The average Bonchev–Trinajstić information content (AvgIpc) is 2.49. The highest BCUT2D eigenvalue weighted by Gasteiger charge is 2.26. The van der Waals surface area contributed by atoms with E-state index < -0.39 is 0 Å². The number of hydrogen-bond donors (Lipinski definition) is 1. The smallest absolute Gasteiger partial charge is 0.0437 e. The summed E-state index contributed by atoms with van der Waals surface area (Å²) in [7, 11) is 0. The summed E-state index contributed by atoms with van der Waals surface area (Å²) in [4.78, 5) is 2.58. The number of rotatable bonds is 1. The van der Waals surface area contributed by atoms with E-state index in [4.69, 9.17) is 5.73 Å². The molecule has 2 nitrogen and oxygen atoms in total. The molecule has 2 aromatic rings. The molecule has 2 aliphatic heterocycles. The Hall–Kier alpha value is -1.96. The molecule has 20 heavy (non-hydrogen) atoms. The average molecular weight is 264 g/mol. The first kappa shape index (κ1) is 11.8. The highest BCUT2D eigenvalue weighted by atomic mass is 15.1. The van der Waals surface area contributed by atoms with E-state index in [2.05, 4.69) is 29.2 Å². The lowest BCUT2D eigenvalue weighted by Crippen LogP contribution is -2.34. The van der Waals surface area contributed by atoms with Crippen LogP contribution in [0.15, 0.2) is 36.4 Å². The van der Waals surface area contributed by atoms with Gasteiger partial charge in [-0.2, -0.15) is 0 Å². The lowest BCUT2D eigenvalue weighted by atomic mass is 9.86. The zero-order valence-corrected chi connectivity index (χ0v) is 11.7. The minimum atomic E-state index is 0.886. The Morgan fingerprint density at radius 2 is 1.65 bits per heavy atom. The molecule has 2 heterocycles. The molecule has 2 N–H and O–H groups in total. The van der Waals surface area contributed by atoms with E-state index in [0.29, 0.717) is 0 Å². The Labute approximate surface area is 120 Å². The zero-order valence-electron chi connectivity index (χ0n) is 11.7. The SMILES string of the molecule is Nc1ccccc1-c1ccc2c3c1CCCN3CCC2. The fourth-order valence-electron chi connectivity index (χ4n) is 3.77. The maximum Gasteiger partial charge on any atom is 0.0437 e. The molecule has 0 saturated heterocycles. The van der Waals surface area contributed by atoms with Gasteiger partial charge < -0.3 is 10.6 Å². The Morgan fingerprint density at radius 1 is 0.850 bits per heavy atom. The fraction of sp³-hybridized carbons (Fsp3) is 0.333. The third-order valence-corrected chi connectivity index (χ3v) is 4.66. The number of anilines is 2. The topological polar surface area (TPSA) is 29.3 Å². The number of para-hydroxylation sites is 1. The molecule has 2 heteroatoms. The molecular formula is C18H20N2. The minimum Gasteiger partial charge on any atom is -0.398 e. The molecule has 2 aliphatic rings. The van der Waals surface area contributed by atoms with Gasteiger partial charge in [0.15, 0.2) is 0 Å². The summed E-state index contributed by atoms with van der Waals surface area (Å²) in [5.41, 5.74) is 14.2. The second kappa shape index (κ2) is 4.55. The number of nitrogens with zero attached hydrogens (tertiary/aromatic N) is 1. The van der Waals surface area contributed by atoms with Crippen LogP contribution >= 0.6 is 0 Å². The molecule has 102 valence electrons.